The molecule has 0 saturated carbocycles. The molecule has 5 nitrogen and oxygen atoms in total. The van der Waals surface area contributed by atoms with Crippen molar-refractivity contribution >= 4 is 0 Å². The first kappa shape index (κ1) is 20.3. The number of hydrogen-bond donors (Lipinski definition) is 4. The van der Waals surface area contributed by atoms with E-state index in [0.29, 0.717) is 0 Å². The van der Waals surface area contributed by atoms with Gasteiger partial charge in [0.2, 0.25) is 0 Å². The van der Waals surface area contributed by atoms with Crippen LogP contribution in [0.5, 0.6) is 0 Å². The van der Waals surface area contributed by atoms with E-state index in [9.17, 15) is 20.4 Å². The first-order valence-corrected chi connectivity index (χ1v) is 8.88. The molecule has 0 amide bonds. The van der Waals surface area contributed by atoms with Crippen molar-refractivity contribution in [3.8, 4) is 0 Å². The van der Waals surface area contributed by atoms with Crippen LogP contribution in [-0.4, -0.2) is 51.4 Å². The Kier molecular flexibility index (Phi) is 5.96. The second-order valence-corrected chi connectivity index (χ2v) is 8.96. The van der Waals surface area contributed by atoms with E-state index in [0.717, 1.165) is 17.5 Å². The third-order valence-corrected chi connectivity index (χ3v) is 4.86. The molecule has 5 heteroatoms. The lowest BCUT2D eigenvalue weighted by atomic mass is 9.70. The van der Waals surface area contributed by atoms with Gasteiger partial charge >= 0.3 is 0 Å². The van der Waals surface area contributed by atoms with E-state index in [4.69, 9.17) is 4.74 Å². The SMILES string of the molecule is CC(C)(C)CC(C)(C)c1ccccc1C1O[C@H](CO)[C@@H](O)[C@H](O)[C@H]1O. The van der Waals surface area contributed by atoms with Gasteiger partial charge in [0.05, 0.1) is 6.61 Å². The van der Waals surface area contributed by atoms with Crippen LogP contribution in [-0.2, 0) is 10.2 Å². The molecule has 2 rings (SSSR count). The Bertz CT molecular complexity index is 576. The van der Waals surface area contributed by atoms with Crippen LogP contribution in [0.2, 0.25) is 0 Å². The summed E-state index contributed by atoms with van der Waals surface area (Å²) < 4.78 is 5.77. The molecule has 1 aromatic rings. The van der Waals surface area contributed by atoms with Crippen molar-refractivity contribution in [2.75, 3.05) is 6.61 Å². The van der Waals surface area contributed by atoms with Gasteiger partial charge in [0.1, 0.15) is 30.5 Å². The fourth-order valence-corrected chi connectivity index (χ4v) is 4.14. The van der Waals surface area contributed by atoms with Crippen molar-refractivity contribution in [3.63, 3.8) is 0 Å². The average molecular weight is 352 g/mol. The molecule has 25 heavy (non-hydrogen) atoms. The third kappa shape index (κ3) is 4.41. The lowest BCUT2D eigenvalue weighted by Gasteiger charge is -2.42. The molecule has 1 saturated heterocycles. The summed E-state index contributed by atoms with van der Waals surface area (Å²) in [5.41, 5.74) is 1.77. The molecule has 0 aromatic heterocycles. The Morgan fingerprint density at radius 1 is 0.920 bits per heavy atom. The average Bonchev–Trinajstić information content (AvgIpc) is 2.51. The summed E-state index contributed by atoms with van der Waals surface area (Å²) in [6, 6.07) is 7.72. The van der Waals surface area contributed by atoms with Gasteiger partial charge in [-0.1, -0.05) is 58.9 Å². The van der Waals surface area contributed by atoms with Gasteiger partial charge in [-0.2, -0.15) is 0 Å². The first-order chi connectivity index (χ1) is 11.5. The minimum absolute atomic E-state index is 0.117. The monoisotopic (exact) mass is 352 g/mol. The summed E-state index contributed by atoms with van der Waals surface area (Å²) in [4.78, 5) is 0. The molecule has 0 radical (unpaired) electrons. The molecule has 5 atom stereocenters. The second-order valence-electron chi connectivity index (χ2n) is 8.96. The van der Waals surface area contributed by atoms with E-state index < -0.39 is 37.1 Å². The van der Waals surface area contributed by atoms with Crippen molar-refractivity contribution < 1.29 is 25.2 Å². The molecule has 0 aliphatic carbocycles. The van der Waals surface area contributed by atoms with Gasteiger partial charge in [-0.3, -0.25) is 0 Å². The van der Waals surface area contributed by atoms with E-state index in [1.165, 1.54) is 0 Å². The molecule has 0 bridgehead atoms. The highest BCUT2D eigenvalue weighted by molar-refractivity contribution is 5.36. The highest BCUT2D eigenvalue weighted by Gasteiger charge is 2.45. The molecular formula is C20H32O5. The molecule has 1 aromatic carbocycles. The fourth-order valence-electron chi connectivity index (χ4n) is 4.14. The third-order valence-electron chi connectivity index (χ3n) is 4.86. The largest absolute Gasteiger partial charge is 0.394 e. The molecular weight excluding hydrogens is 320 g/mol. The summed E-state index contributed by atoms with van der Waals surface area (Å²) in [6.45, 7) is 10.4. The summed E-state index contributed by atoms with van der Waals surface area (Å²) in [5.74, 6) is 0. The van der Waals surface area contributed by atoms with E-state index >= 15 is 0 Å². The van der Waals surface area contributed by atoms with E-state index in [1.807, 2.05) is 24.3 Å². The van der Waals surface area contributed by atoms with Crippen LogP contribution in [0.3, 0.4) is 0 Å². The van der Waals surface area contributed by atoms with Gasteiger partial charge in [-0.15, -0.1) is 0 Å². The maximum absolute atomic E-state index is 10.5. The number of hydrogen-bond acceptors (Lipinski definition) is 5. The Balaban J connectivity index is 2.43. The molecule has 1 aliphatic heterocycles. The molecule has 1 unspecified atom stereocenters. The molecule has 0 spiro atoms. The predicted molar refractivity (Wildman–Crippen MR) is 96.3 cm³/mol. The van der Waals surface area contributed by atoms with Crippen LogP contribution in [0.1, 0.15) is 58.3 Å². The Morgan fingerprint density at radius 3 is 2.08 bits per heavy atom. The molecule has 1 aliphatic rings. The van der Waals surface area contributed by atoms with Crippen LogP contribution >= 0.6 is 0 Å². The van der Waals surface area contributed by atoms with Crippen molar-refractivity contribution in [2.24, 2.45) is 5.41 Å². The van der Waals surface area contributed by atoms with Gasteiger partial charge in [-0.25, -0.2) is 0 Å². The van der Waals surface area contributed by atoms with Crippen molar-refractivity contribution in [2.45, 2.75) is 77.0 Å². The summed E-state index contributed by atoms with van der Waals surface area (Å²) in [5, 5.41) is 40.0. The number of aliphatic hydroxyl groups excluding tert-OH is 4. The second kappa shape index (κ2) is 7.33. The highest BCUT2D eigenvalue weighted by Crippen LogP contribution is 2.42. The standard InChI is InChI=1S/C20H32O5/c1-19(2,3)11-20(4,5)13-9-7-6-8-12(13)18-17(24)16(23)15(22)14(10-21)25-18/h6-9,14-18,21-24H,10-11H2,1-5H3/t14-,15-,16+,17-,18?/m1/s1. The van der Waals surface area contributed by atoms with Crippen LogP contribution in [0.25, 0.3) is 0 Å². The zero-order valence-corrected chi connectivity index (χ0v) is 15.8. The Hall–Kier alpha value is -0.980. The van der Waals surface area contributed by atoms with Crippen molar-refractivity contribution in [1.82, 2.24) is 0 Å². The minimum Gasteiger partial charge on any atom is -0.394 e. The van der Waals surface area contributed by atoms with Crippen LogP contribution in [0, 0.1) is 5.41 Å². The number of aliphatic hydroxyl groups is 4. The van der Waals surface area contributed by atoms with Crippen LogP contribution in [0.15, 0.2) is 24.3 Å². The van der Waals surface area contributed by atoms with Gasteiger partial charge in [-0.05, 0) is 28.4 Å². The normalized spacial score (nSPS) is 31.2. The molecule has 4 N–H and O–H groups in total. The van der Waals surface area contributed by atoms with Gasteiger partial charge < -0.3 is 25.2 Å². The topological polar surface area (TPSA) is 90.2 Å². The minimum atomic E-state index is -1.37. The maximum Gasteiger partial charge on any atom is 0.113 e. The summed E-state index contributed by atoms with van der Waals surface area (Å²) in [7, 11) is 0. The van der Waals surface area contributed by atoms with Crippen LogP contribution < -0.4 is 0 Å². The molecule has 1 fully saturated rings. The number of ether oxygens (including phenoxy) is 1. The first-order valence-electron chi connectivity index (χ1n) is 8.88. The quantitative estimate of drug-likeness (QED) is 0.665. The lowest BCUT2D eigenvalue weighted by Crippen LogP contribution is -2.55. The van der Waals surface area contributed by atoms with E-state index in [1.54, 1.807) is 0 Å². The van der Waals surface area contributed by atoms with E-state index in [-0.39, 0.29) is 10.8 Å². The number of benzene rings is 1. The fraction of sp³-hybridized carbons (Fsp3) is 0.700. The molecule has 142 valence electrons. The Labute approximate surface area is 150 Å². The summed E-state index contributed by atoms with van der Waals surface area (Å²) >= 11 is 0. The number of rotatable bonds is 4. The van der Waals surface area contributed by atoms with Crippen molar-refractivity contribution in [1.29, 1.82) is 0 Å². The summed E-state index contributed by atoms with van der Waals surface area (Å²) in [6.07, 6.45) is -4.74. The van der Waals surface area contributed by atoms with Crippen molar-refractivity contribution in [3.05, 3.63) is 35.4 Å². The van der Waals surface area contributed by atoms with Gasteiger partial charge in [0, 0.05) is 0 Å². The van der Waals surface area contributed by atoms with Gasteiger partial charge in [0.25, 0.3) is 0 Å². The predicted octanol–water partition coefficient (Wildman–Crippen LogP) is 1.92. The zero-order chi connectivity index (χ0) is 19.0. The maximum atomic E-state index is 10.5. The Morgan fingerprint density at radius 2 is 1.52 bits per heavy atom. The van der Waals surface area contributed by atoms with E-state index in [2.05, 4.69) is 34.6 Å². The lowest BCUT2D eigenvalue weighted by molar-refractivity contribution is -0.232. The molecule has 1 heterocycles. The highest BCUT2D eigenvalue weighted by atomic mass is 16.5. The zero-order valence-electron chi connectivity index (χ0n) is 15.8. The van der Waals surface area contributed by atoms with Gasteiger partial charge in [0.15, 0.2) is 0 Å². The smallest absolute Gasteiger partial charge is 0.113 e. The van der Waals surface area contributed by atoms with Crippen LogP contribution in [0.4, 0.5) is 0 Å².